The number of sulfonamides is 1. The van der Waals surface area contributed by atoms with E-state index in [1.165, 1.54) is 4.31 Å². The lowest BCUT2D eigenvalue weighted by molar-refractivity contribution is 0.344. The van der Waals surface area contributed by atoms with Gasteiger partial charge in [0.05, 0.1) is 31.6 Å². The topological polar surface area (TPSA) is 65.1 Å². The summed E-state index contributed by atoms with van der Waals surface area (Å²) in [6.45, 7) is 2.36. The molecular weight excluding hydrogens is 386 g/mol. The van der Waals surface area contributed by atoms with Crippen molar-refractivity contribution in [3.63, 3.8) is 0 Å². The Labute approximate surface area is 164 Å². The molecular formula is C19H23NO5S2. The van der Waals surface area contributed by atoms with E-state index in [1.807, 2.05) is 19.1 Å². The van der Waals surface area contributed by atoms with Crippen LogP contribution in [0.1, 0.15) is 16.5 Å². The van der Waals surface area contributed by atoms with Gasteiger partial charge < -0.3 is 14.2 Å². The first kappa shape index (κ1) is 19.9. The van der Waals surface area contributed by atoms with Gasteiger partial charge in [-0.3, -0.25) is 0 Å². The SMILES string of the molecule is COc1cc(OC)c([C@H]2SCCN2S(=O)(=O)c2ccc(C)cc2)cc1OC. The average Bonchev–Trinajstić information content (AvgIpc) is 3.17. The van der Waals surface area contributed by atoms with Crippen LogP contribution in [0.3, 0.4) is 0 Å². The highest BCUT2D eigenvalue weighted by atomic mass is 32.2. The first-order valence-electron chi connectivity index (χ1n) is 8.42. The Bertz CT molecular complexity index is 912. The highest BCUT2D eigenvalue weighted by Gasteiger charge is 2.38. The van der Waals surface area contributed by atoms with Gasteiger partial charge in [-0.05, 0) is 25.1 Å². The van der Waals surface area contributed by atoms with Crippen molar-refractivity contribution >= 4 is 21.8 Å². The van der Waals surface area contributed by atoms with E-state index in [2.05, 4.69) is 0 Å². The summed E-state index contributed by atoms with van der Waals surface area (Å²) in [5.41, 5.74) is 1.76. The number of hydrogen-bond donors (Lipinski definition) is 0. The largest absolute Gasteiger partial charge is 0.496 e. The molecule has 1 heterocycles. The molecule has 0 radical (unpaired) electrons. The molecule has 0 spiro atoms. The van der Waals surface area contributed by atoms with E-state index >= 15 is 0 Å². The van der Waals surface area contributed by atoms with E-state index in [4.69, 9.17) is 14.2 Å². The van der Waals surface area contributed by atoms with E-state index in [1.54, 1.807) is 57.4 Å². The quantitative estimate of drug-likeness (QED) is 0.728. The zero-order chi connectivity index (χ0) is 19.6. The summed E-state index contributed by atoms with van der Waals surface area (Å²) in [4.78, 5) is 0.292. The number of aryl methyl sites for hydroxylation is 1. The Morgan fingerprint density at radius 3 is 2.15 bits per heavy atom. The summed E-state index contributed by atoms with van der Waals surface area (Å²) in [7, 11) is 1.03. The third-order valence-electron chi connectivity index (χ3n) is 4.48. The molecule has 0 N–H and O–H groups in total. The molecule has 0 bridgehead atoms. The third-order valence-corrected chi connectivity index (χ3v) is 7.73. The standard InChI is InChI=1S/C19H23NO5S2/c1-13-5-7-14(8-6-13)27(21,22)20-9-10-26-19(20)15-11-17(24-3)18(25-4)12-16(15)23-2/h5-8,11-12,19H,9-10H2,1-4H3/t19-/m1/s1. The molecule has 0 aromatic heterocycles. The van der Waals surface area contributed by atoms with Crippen LogP contribution in [0.4, 0.5) is 0 Å². The molecule has 146 valence electrons. The maximum absolute atomic E-state index is 13.2. The monoisotopic (exact) mass is 409 g/mol. The minimum absolute atomic E-state index is 0.292. The smallest absolute Gasteiger partial charge is 0.244 e. The number of hydrogen-bond acceptors (Lipinski definition) is 6. The summed E-state index contributed by atoms with van der Waals surface area (Å²) in [5, 5.41) is -0.397. The predicted molar refractivity (Wildman–Crippen MR) is 106 cm³/mol. The van der Waals surface area contributed by atoms with Crippen molar-refractivity contribution in [2.75, 3.05) is 33.6 Å². The minimum atomic E-state index is -3.63. The van der Waals surface area contributed by atoms with Crippen molar-refractivity contribution in [1.82, 2.24) is 4.31 Å². The van der Waals surface area contributed by atoms with E-state index in [-0.39, 0.29) is 0 Å². The van der Waals surface area contributed by atoms with Gasteiger partial charge in [-0.1, -0.05) is 17.7 Å². The molecule has 0 aliphatic carbocycles. The fourth-order valence-electron chi connectivity index (χ4n) is 3.04. The molecule has 0 saturated carbocycles. The first-order valence-corrected chi connectivity index (χ1v) is 10.9. The van der Waals surface area contributed by atoms with Crippen LogP contribution in [0.15, 0.2) is 41.3 Å². The molecule has 0 amide bonds. The van der Waals surface area contributed by atoms with Gasteiger partial charge in [-0.2, -0.15) is 4.31 Å². The van der Waals surface area contributed by atoms with Gasteiger partial charge >= 0.3 is 0 Å². The van der Waals surface area contributed by atoms with Crippen LogP contribution in [-0.2, 0) is 10.0 Å². The van der Waals surface area contributed by atoms with Gasteiger partial charge in [0, 0.05) is 23.9 Å². The second kappa shape index (κ2) is 8.00. The minimum Gasteiger partial charge on any atom is -0.496 e. The van der Waals surface area contributed by atoms with Crippen LogP contribution >= 0.6 is 11.8 Å². The molecule has 2 aromatic carbocycles. The molecule has 1 fully saturated rings. The van der Waals surface area contributed by atoms with Crippen LogP contribution in [0.5, 0.6) is 17.2 Å². The van der Waals surface area contributed by atoms with Gasteiger partial charge in [0.2, 0.25) is 10.0 Å². The summed E-state index contributed by atoms with van der Waals surface area (Å²) in [5.74, 6) is 2.34. The molecule has 1 aliphatic rings. The molecule has 3 rings (SSSR count). The van der Waals surface area contributed by atoms with Crippen LogP contribution in [0.2, 0.25) is 0 Å². The molecule has 1 saturated heterocycles. The maximum atomic E-state index is 13.2. The van der Waals surface area contributed by atoms with Crippen molar-refractivity contribution in [3.8, 4) is 17.2 Å². The highest BCUT2D eigenvalue weighted by Crippen LogP contribution is 2.47. The lowest BCUT2D eigenvalue weighted by Gasteiger charge is -2.25. The molecule has 1 aliphatic heterocycles. The normalized spacial score (nSPS) is 17.7. The number of benzene rings is 2. The van der Waals surface area contributed by atoms with Gasteiger partial charge in [-0.15, -0.1) is 11.8 Å². The lowest BCUT2D eigenvalue weighted by atomic mass is 10.1. The summed E-state index contributed by atoms with van der Waals surface area (Å²) in [6.07, 6.45) is 0. The fourth-order valence-corrected chi connectivity index (χ4v) is 6.28. The van der Waals surface area contributed by atoms with E-state index in [9.17, 15) is 8.42 Å². The van der Waals surface area contributed by atoms with Gasteiger partial charge in [0.15, 0.2) is 11.5 Å². The molecule has 1 atom stereocenters. The van der Waals surface area contributed by atoms with Crippen molar-refractivity contribution in [2.45, 2.75) is 17.2 Å². The Balaban J connectivity index is 2.05. The van der Waals surface area contributed by atoms with E-state index < -0.39 is 15.4 Å². The number of thioether (sulfide) groups is 1. The molecule has 2 aromatic rings. The van der Waals surface area contributed by atoms with Crippen LogP contribution in [0, 0.1) is 6.92 Å². The summed E-state index contributed by atoms with van der Waals surface area (Å²) in [6, 6.07) is 10.4. The zero-order valence-corrected chi connectivity index (χ0v) is 17.4. The molecule has 8 heteroatoms. The summed E-state index contributed by atoms with van der Waals surface area (Å²) < 4.78 is 44.2. The van der Waals surface area contributed by atoms with Gasteiger partial charge in [-0.25, -0.2) is 8.42 Å². The van der Waals surface area contributed by atoms with E-state index in [0.29, 0.717) is 34.4 Å². The molecule has 6 nitrogen and oxygen atoms in total. The van der Waals surface area contributed by atoms with Crippen molar-refractivity contribution < 1.29 is 22.6 Å². The highest BCUT2D eigenvalue weighted by molar-refractivity contribution is 8.01. The Hall–Kier alpha value is -1.90. The van der Waals surface area contributed by atoms with Gasteiger partial charge in [0.25, 0.3) is 0 Å². The molecule has 27 heavy (non-hydrogen) atoms. The van der Waals surface area contributed by atoms with Crippen LogP contribution < -0.4 is 14.2 Å². The average molecular weight is 410 g/mol. The number of rotatable bonds is 6. The first-order chi connectivity index (χ1) is 12.9. The molecule has 0 unspecified atom stereocenters. The Morgan fingerprint density at radius 1 is 0.963 bits per heavy atom. The second-order valence-electron chi connectivity index (χ2n) is 6.10. The van der Waals surface area contributed by atoms with Crippen molar-refractivity contribution in [2.24, 2.45) is 0 Å². The third kappa shape index (κ3) is 3.74. The zero-order valence-electron chi connectivity index (χ0n) is 15.8. The van der Waals surface area contributed by atoms with Crippen molar-refractivity contribution in [3.05, 3.63) is 47.5 Å². The predicted octanol–water partition coefficient (Wildman–Crippen LogP) is 3.46. The summed E-state index contributed by atoms with van der Waals surface area (Å²) >= 11 is 1.56. The Kier molecular flexibility index (Phi) is 5.88. The lowest BCUT2D eigenvalue weighted by Crippen LogP contribution is -2.30. The Morgan fingerprint density at radius 2 is 1.56 bits per heavy atom. The van der Waals surface area contributed by atoms with Gasteiger partial charge in [0.1, 0.15) is 5.75 Å². The second-order valence-corrected chi connectivity index (χ2v) is 9.18. The number of ether oxygens (including phenoxy) is 3. The van der Waals surface area contributed by atoms with Crippen molar-refractivity contribution in [1.29, 1.82) is 0 Å². The van der Waals surface area contributed by atoms with E-state index in [0.717, 1.165) is 11.1 Å². The number of methoxy groups -OCH3 is 3. The number of nitrogens with zero attached hydrogens (tertiary/aromatic N) is 1. The maximum Gasteiger partial charge on any atom is 0.244 e. The fraction of sp³-hybridized carbons (Fsp3) is 0.368. The van der Waals surface area contributed by atoms with Crippen LogP contribution in [0.25, 0.3) is 0 Å². The van der Waals surface area contributed by atoms with Crippen LogP contribution in [-0.4, -0.2) is 46.4 Å².